The number of fused-ring (bicyclic) bond motifs is 1. The first-order chi connectivity index (χ1) is 10.6. The van der Waals surface area contributed by atoms with E-state index in [1.54, 1.807) is 0 Å². The highest BCUT2D eigenvalue weighted by Crippen LogP contribution is 2.31. The van der Waals surface area contributed by atoms with Gasteiger partial charge in [-0.25, -0.2) is 0 Å². The van der Waals surface area contributed by atoms with E-state index in [9.17, 15) is 4.79 Å². The fraction of sp³-hybridized carbons (Fsp3) is 0.316. The quantitative estimate of drug-likeness (QED) is 0.927. The summed E-state index contributed by atoms with van der Waals surface area (Å²) in [7, 11) is 0. The van der Waals surface area contributed by atoms with Crippen LogP contribution in [0.4, 0.5) is 5.69 Å². The molecule has 3 heteroatoms. The maximum atomic E-state index is 12.6. The van der Waals surface area contributed by atoms with E-state index < -0.39 is 6.10 Å². The number of rotatable bonds is 3. The normalized spacial score (nSPS) is 16.3. The van der Waals surface area contributed by atoms with E-state index in [1.165, 1.54) is 0 Å². The highest BCUT2D eigenvalue weighted by atomic mass is 16.5. The summed E-state index contributed by atoms with van der Waals surface area (Å²) in [4.78, 5) is 12.6. The molecular formula is C19H21NO2. The Labute approximate surface area is 131 Å². The molecular weight excluding hydrogens is 274 g/mol. The van der Waals surface area contributed by atoms with E-state index in [4.69, 9.17) is 4.74 Å². The van der Waals surface area contributed by atoms with Crippen molar-refractivity contribution in [2.75, 3.05) is 5.32 Å². The zero-order valence-electron chi connectivity index (χ0n) is 13.2. The molecule has 0 saturated carbocycles. The van der Waals surface area contributed by atoms with Gasteiger partial charge < -0.3 is 10.1 Å². The molecule has 1 amide bonds. The summed E-state index contributed by atoms with van der Waals surface area (Å²) < 4.78 is 5.77. The van der Waals surface area contributed by atoms with E-state index in [0.29, 0.717) is 12.3 Å². The zero-order chi connectivity index (χ0) is 15.7. The molecule has 114 valence electrons. The van der Waals surface area contributed by atoms with E-state index in [2.05, 4.69) is 25.2 Å². The lowest BCUT2D eigenvalue weighted by Gasteiger charge is -2.18. The maximum absolute atomic E-state index is 12.6. The first kappa shape index (κ1) is 14.6. The average molecular weight is 295 g/mol. The summed E-state index contributed by atoms with van der Waals surface area (Å²) in [6.07, 6.45) is 0.183. The van der Waals surface area contributed by atoms with Crippen molar-refractivity contribution in [2.24, 2.45) is 0 Å². The molecule has 2 aromatic rings. The Morgan fingerprint density at radius 3 is 2.68 bits per heavy atom. The smallest absolute Gasteiger partial charge is 0.265 e. The second kappa shape index (κ2) is 5.84. The maximum Gasteiger partial charge on any atom is 0.265 e. The van der Waals surface area contributed by atoms with Crippen molar-refractivity contribution in [1.82, 2.24) is 0 Å². The summed E-state index contributed by atoms with van der Waals surface area (Å²) in [6, 6.07) is 13.9. The number of carbonyl (C=O) groups is 1. The molecule has 0 bridgehead atoms. The van der Waals surface area contributed by atoms with E-state index in [0.717, 1.165) is 28.1 Å². The van der Waals surface area contributed by atoms with Crippen LogP contribution in [-0.2, 0) is 11.2 Å². The van der Waals surface area contributed by atoms with Gasteiger partial charge in [0.15, 0.2) is 6.10 Å². The van der Waals surface area contributed by atoms with Gasteiger partial charge in [-0.15, -0.1) is 0 Å². The molecule has 1 heterocycles. The molecule has 22 heavy (non-hydrogen) atoms. The number of benzene rings is 2. The van der Waals surface area contributed by atoms with Crippen LogP contribution in [0.2, 0.25) is 0 Å². The van der Waals surface area contributed by atoms with Crippen molar-refractivity contribution >= 4 is 11.6 Å². The third-order valence-electron chi connectivity index (χ3n) is 4.11. The number of nitrogens with one attached hydrogen (secondary N) is 1. The Morgan fingerprint density at radius 1 is 1.18 bits per heavy atom. The minimum atomic E-state index is -0.447. The van der Waals surface area contributed by atoms with Crippen molar-refractivity contribution in [3.8, 4) is 5.75 Å². The van der Waals surface area contributed by atoms with Crippen LogP contribution in [0.3, 0.4) is 0 Å². The van der Waals surface area contributed by atoms with Gasteiger partial charge in [0.25, 0.3) is 5.91 Å². The first-order valence-corrected chi connectivity index (χ1v) is 7.71. The predicted molar refractivity (Wildman–Crippen MR) is 88.5 cm³/mol. The summed E-state index contributed by atoms with van der Waals surface area (Å²) in [6.45, 7) is 6.28. The number of para-hydroxylation sites is 2. The SMILES string of the molecule is Cc1cccc(C(C)C)c1NC(=O)[C@H]1Cc2ccccc2O1. The molecule has 1 aliphatic heterocycles. The lowest BCUT2D eigenvalue weighted by Crippen LogP contribution is -2.32. The third-order valence-corrected chi connectivity index (χ3v) is 4.11. The lowest BCUT2D eigenvalue weighted by atomic mass is 9.98. The Morgan fingerprint density at radius 2 is 1.95 bits per heavy atom. The summed E-state index contributed by atoms with van der Waals surface area (Å²) in [5.41, 5.74) is 4.25. The molecule has 3 nitrogen and oxygen atoms in total. The van der Waals surface area contributed by atoms with Gasteiger partial charge in [-0.1, -0.05) is 50.2 Å². The Kier molecular flexibility index (Phi) is 3.88. The van der Waals surface area contributed by atoms with Gasteiger partial charge in [0.1, 0.15) is 5.75 Å². The van der Waals surface area contributed by atoms with Gasteiger partial charge in [0, 0.05) is 12.1 Å². The fourth-order valence-electron chi connectivity index (χ4n) is 2.87. The number of aryl methyl sites for hydroxylation is 1. The number of hydrogen-bond acceptors (Lipinski definition) is 2. The van der Waals surface area contributed by atoms with Crippen LogP contribution in [0.15, 0.2) is 42.5 Å². The molecule has 1 N–H and O–H groups in total. The Bertz CT molecular complexity index is 681. The van der Waals surface area contributed by atoms with E-state index >= 15 is 0 Å². The average Bonchev–Trinajstić information content (AvgIpc) is 2.93. The monoisotopic (exact) mass is 295 g/mol. The van der Waals surface area contributed by atoms with Crippen LogP contribution in [-0.4, -0.2) is 12.0 Å². The standard InChI is InChI=1S/C19H21NO2/c1-12(2)15-9-6-7-13(3)18(15)20-19(21)17-11-14-8-4-5-10-16(14)22-17/h4-10,12,17H,11H2,1-3H3,(H,20,21)/t17-/m1/s1. The number of anilines is 1. The highest BCUT2D eigenvalue weighted by Gasteiger charge is 2.29. The molecule has 0 aliphatic carbocycles. The summed E-state index contributed by atoms with van der Waals surface area (Å²) in [5.74, 6) is 1.10. The third kappa shape index (κ3) is 2.71. The fourth-order valence-corrected chi connectivity index (χ4v) is 2.87. The van der Waals surface area contributed by atoms with Crippen molar-refractivity contribution < 1.29 is 9.53 Å². The van der Waals surface area contributed by atoms with Crippen LogP contribution >= 0.6 is 0 Å². The number of carbonyl (C=O) groups excluding carboxylic acids is 1. The lowest BCUT2D eigenvalue weighted by molar-refractivity contribution is -0.122. The number of hydrogen-bond donors (Lipinski definition) is 1. The molecule has 0 radical (unpaired) electrons. The summed E-state index contributed by atoms with van der Waals surface area (Å²) >= 11 is 0. The van der Waals surface area contributed by atoms with Crippen molar-refractivity contribution in [3.63, 3.8) is 0 Å². The van der Waals surface area contributed by atoms with Gasteiger partial charge in [-0.2, -0.15) is 0 Å². The largest absolute Gasteiger partial charge is 0.480 e. The van der Waals surface area contributed by atoms with Crippen LogP contribution < -0.4 is 10.1 Å². The van der Waals surface area contributed by atoms with Crippen molar-refractivity contribution in [3.05, 3.63) is 59.2 Å². The van der Waals surface area contributed by atoms with E-state index in [1.807, 2.05) is 43.3 Å². The molecule has 0 saturated heterocycles. The number of ether oxygens (including phenoxy) is 1. The Balaban J connectivity index is 1.79. The minimum Gasteiger partial charge on any atom is -0.480 e. The molecule has 0 fully saturated rings. The molecule has 0 spiro atoms. The summed E-state index contributed by atoms with van der Waals surface area (Å²) in [5, 5.41) is 3.07. The minimum absolute atomic E-state index is 0.0765. The van der Waals surface area contributed by atoms with Gasteiger partial charge in [-0.05, 0) is 35.6 Å². The van der Waals surface area contributed by atoms with Crippen molar-refractivity contribution in [1.29, 1.82) is 0 Å². The molecule has 0 unspecified atom stereocenters. The van der Waals surface area contributed by atoms with Gasteiger partial charge >= 0.3 is 0 Å². The van der Waals surface area contributed by atoms with E-state index in [-0.39, 0.29) is 5.91 Å². The van der Waals surface area contributed by atoms with Crippen molar-refractivity contribution in [2.45, 2.75) is 39.2 Å². The molecule has 1 aliphatic rings. The topological polar surface area (TPSA) is 38.3 Å². The van der Waals surface area contributed by atoms with Gasteiger partial charge in [0.05, 0.1) is 0 Å². The second-order valence-electron chi connectivity index (χ2n) is 6.10. The van der Waals surface area contributed by atoms with Crippen LogP contribution in [0.25, 0.3) is 0 Å². The van der Waals surface area contributed by atoms with Crippen LogP contribution in [0.5, 0.6) is 5.75 Å². The molecule has 2 aromatic carbocycles. The molecule has 0 aromatic heterocycles. The Hall–Kier alpha value is -2.29. The highest BCUT2D eigenvalue weighted by molar-refractivity contribution is 5.96. The van der Waals surface area contributed by atoms with Crippen LogP contribution in [0, 0.1) is 6.92 Å². The van der Waals surface area contributed by atoms with Gasteiger partial charge in [-0.3, -0.25) is 4.79 Å². The molecule has 1 atom stereocenters. The second-order valence-corrected chi connectivity index (χ2v) is 6.10. The number of amides is 1. The predicted octanol–water partition coefficient (Wildman–Crippen LogP) is 4.06. The van der Waals surface area contributed by atoms with Gasteiger partial charge in [0.2, 0.25) is 0 Å². The molecule has 3 rings (SSSR count). The zero-order valence-corrected chi connectivity index (χ0v) is 13.2. The van der Waals surface area contributed by atoms with Crippen LogP contribution in [0.1, 0.15) is 36.5 Å². The first-order valence-electron chi connectivity index (χ1n) is 7.71.